The molecule has 4 aromatic rings. The lowest BCUT2D eigenvalue weighted by molar-refractivity contribution is 0.212. The number of anilines is 1. The molecule has 4 heterocycles. The molecule has 1 fully saturated rings. The molecule has 146 valence electrons. The van der Waals surface area contributed by atoms with Crippen LogP contribution in [0.4, 0.5) is 5.82 Å². The molecule has 1 aromatic carbocycles. The number of benzene rings is 1. The number of fused-ring (bicyclic) bond motifs is 1. The second-order valence-corrected chi connectivity index (χ2v) is 7.61. The maximum Gasteiger partial charge on any atom is 0.128 e. The first-order valence-electron chi connectivity index (χ1n) is 10.2. The van der Waals surface area contributed by atoms with Crippen LogP contribution in [0.3, 0.4) is 0 Å². The quantitative estimate of drug-likeness (QED) is 0.574. The number of hydrogen-bond donors (Lipinski definition) is 1. The molecule has 0 saturated carbocycles. The number of pyridine rings is 2. The van der Waals surface area contributed by atoms with Gasteiger partial charge >= 0.3 is 0 Å². The Labute approximate surface area is 171 Å². The number of H-pyrrole nitrogens is 1. The van der Waals surface area contributed by atoms with Gasteiger partial charge in [0.15, 0.2) is 0 Å². The molecule has 0 radical (unpaired) electrons. The molecule has 0 spiro atoms. The molecule has 3 aromatic heterocycles. The van der Waals surface area contributed by atoms with E-state index in [1.54, 1.807) is 0 Å². The Hall–Kier alpha value is -3.18. The van der Waals surface area contributed by atoms with Gasteiger partial charge in [0.2, 0.25) is 0 Å². The molecular formula is C24H25N5. The molecule has 1 aliphatic heterocycles. The molecule has 1 atom stereocenters. The number of para-hydroxylation sites is 1. The van der Waals surface area contributed by atoms with Gasteiger partial charge in [-0.1, -0.05) is 30.3 Å². The van der Waals surface area contributed by atoms with Crippen molar-refractivity contribution in [3.05, 3.63) is 90.0 Å². The van der Waals surface area contributed by atoms with Gasteiger partial charge in [0, 0.05) is 66.9 Å². The van der Waals surface area contributed by atoms with Crippen molar-refractivity contribution in [2.45, 2.75) is 13.0 Å². The third-order valence-corrected chi connectivity index (χ3v) is 5.87. The lowest BCUT2D eigenvalue weighted by Gasteiger charge is -2.40. The van der Waals surface area contributed by atoms with Crippen LogP contribution in [0.15, 0.2) is 73.2 Å². The third-order valence-electron chi connectivity index (χ3n) is 5.87. The zero-order valence-corrected chi connectivity index (χ0v) is 16.6. The first kappa shape index (κ1) is 17.9. The van der Waals surface area contributed by atoms with E-state index >= 15 is 0 Å². The highest BCUT2D eigenvalue weighted by atomic mass is 15.3. The number of aromatic nitrogens is 3. The molecule has 0 bridgehead atoms. The van der Waals surface area contributed by atoms with Crippen LogP contribution in [0.2, 0.25) is 0 Å². The summed E-state index contributed by atoms with van der Waals surface area (Å²) in [5.41, 5.74) is 5.03. The number of nitrogens with one attached hydrogen (secondary N) is 1. The molecule has 5 nitrogen and oxygen atoms in total. The van der Waals surface area contributed by atoms with Gasteiger partial charge in [-0.3, -0.25) is 9.88 Å². The predicted octanol–water partition coefficient (Wildman–Crippen LogP) is 4.18. The summed E-state index contributed by atoms with van der Waals surface area (Å²) in [4.78, 5) is 17.5. The van der Waals surface area contributed by atoms with E-state index in [0.717, 1.165) is 32.0 Å². The molecule has 1 unspecified atom stereocenters. The maximum absolute atomic E-state index is 4.53. The fraction of sp³-hybridized carbons (Fsp3) is 0.250. The van der Waals surface area contributed by atoms with Crippen molar-refractivity contribution < 1.29 is 0 Å². The Morgan fingerprint density at radius 1 is 0.897 bits per heavy atom. The van der Waals surface area contributed by atoms with Crippen molar-refractivity contribution in [3.63, 3.8) is 0 Å². The summed E-state index contributed by atoms with van der Waals surface area (Å²) < 4.78 is 0. The Morgan fingerprint density at radius 2 is 1.72 bits per heavy atom. The fourth-order valence-electron chi connectivity index (χ4n) is 4.50. The maximum atomic E-state index is 4.53. The minimum absolute atomic E-state index is 0.186. The smallest absolute Gasteiger partial charge is 0.128 e. The average Bonchev–Trinajstić information content (AvgIpc) is 3.12. The van der Waals surface area contributed by atoms with E-state index in [-0.39, 0.29) is 6.04 Å². The first-order chi connectivity index (χ1) is 14.3. The Balaban J connectivity index is 1.50. The first-order valence-corrected chi connectivity index (χ1v) is 10.2. The molecule has 5 heteroatoms. The lowest BCUT2D eigenvalue weighted by atomic mass is 9.95. The topological polar surface area (TPSA) is 48.1 Å². The van der Waals surface area contributed by atoms with Gasteiger partial charge in [-0.2, -0.15) is 0 Å². The Bertz CT molecular complexity index is 1080. The fourth-order valence-corrected chi connectivity index (χ4v) is 4.50. The van der Waals surface area contributed by atoms with Crippen LogP contribution in [-0.2, 0) is 0 Å². The highest BCUT2D eigenvalue weighted by Crippen LogP contribution is 2.36. The van der Waals surface area contributed by atoms with E-state index in [1.165, 1.54) is 27.7 Å². The van der Waals surface area contributed by atoms with Gasteiger partial charge < -0.3 is 9.88 Å². The van der Waals surface area contributed by atoms with Crippen LogP contribution >= 0.6 is 0 Å². The van der Waals surface area contributed by atoms with E-state index in [4.69, 9.17) is 0 Å². The van der Waals surface area contributed by atoms with Gasteiger partial charge in [0.05, 0.1) is 6.04 Å². The molecule has 1 N–H and O–H groups in total. The SMILES string of the molecule is Cc1[nH]c2ccccc2c1C(c1cccnc1)N1CCN(c2ccccn2)CC1. The molecule has 29 heavy (non-hydrogen) atoms. The average molecular weight is 383 g/mol. The predicted molar refractivity (Wildman–Crippen MR) is 117 cm³/mol. The van der Waals surface area contributed by atoms with Crippen LogP contribution in [-0.4, -0.2) is 46.0 Å². The minimum Gasteiger partial charge on any atom is -0.358 e. The van der Waals surface area contributed by atoms with Crippen molar-refractivity contribution in [3.8, 4) is 0 Å². The minimum atomic E-state index is 0.186. The van der Waals surface area contributed by atoms with Gasteiger partial charge in [0.1, 0.15) is 5.82 Å². The summed E-state index contributed by atoms with van der Waals surface area (Å²) in [5, 5.41) is 1.30. The molecule has 1 saturated heterocycles. The zero-order chi connectivity index (χ0) is 19.6. The Morgan fingerprint density at radius 3 is 2.48 bits per heavy atom. The van der Waals surface area contributed by atoms with Crippen molar-refractivity contribution in [2.75, 3.05) is 31.1 Å². The van der Waals surface area contributed by atoms with E-state index < -0.39 is 0 Å². The van der Waals surface area contributed by atoms with E-state index in [2.05, 4.69) is 74.1 Å². The highest BCUT2D eigenvalue weighted by molar-refractivity contribution is 5.85. The van der Waals surface area contributed by atoms with E-state index in [1.807, 2.05) is 30.7 Å². The number of nitrogens with zero attached hydrogens (tertiary/aromatic N) is 4. The number of hydrogen-bond acceptors (Lipinski definition) is 4. The largest absolute Gasteiger partial charge is 0.358 e. The summed E-state index contributed by atoms with van der Waals surface area (Å²) in [7, 11) is 0. The summed E-state index contributed by atoms with van der Waals surface area (Å²) in [6.45, 7) is 6.08. The van der Waals surface area contributed by atoms with Crippen LogP contribution in [0.1, 0.15) is 22.9 Å². The van der Waals surface area contributed by atoms with Gasteiger partial charge in [-0.25, -0.2) is 4.98 Å². The number of piperazine rings is 1. The van der Waals surface area contributed by atoms with Crippen LogP contribution in [0.25, 0.3) is 10.9 Å². The molecule has 1 aliphatic rings. The van der Waals surface area contributed by atoms with E-state index in [0.29, 0.717) is 0 Å². The van der Waals surface area contributed by atoms with Crippen LogP contribution in [0.5, 0.6) is 0 Å². The van der Waals surface area contributed by atoms with Crippen LogP contribution < -0.4 is 4.90 Å². The Kier molecular flexibility index (Phi) is 4.74. The second-order valence-electron chi connectivity index (χ2n) is 7.61. The van der Waals surface area contributed by atoms with E-state index in [9.17, 15) is 0 Å². The van der Waals surface area contributed by atoms with Gasteiger partial charge in [-0.05, 0) is 36.8 Å². The summed E-state index contributed by atoms with van der Waals surface area (Å²) >= 11 is 0. The number of aryl methyl sites for hydroxylation is 1. The van der Waals surface area contributed by atoms with Crippen molar-refractivity contribution >= 4 is 16.7 Å². The zero-order valence-electron chi connectivity index (χ0n) is 16.6. The highest BCUT2D eigenvalue weighted by Gasteiger charge is 2.30. The van der Waals surface area contributed by atoms with Crippen LogP contribution in [0, 0.1) is 6.92 Å². The van der Waals surface area contributed by atoms with Crippen molar-refractivity contribution in [2.24, 2.45) is 0 Å². The lowest BCUT2D eigenvalue weighted by Crippen LogP contribution is -2.48. The number of aromatic amines is 1. The standard InChI is InChI=1S/C24H25N5/c1-18-23(20-8-2-3-9-21(20)27-18)24(19-7-6-11-25-17-19)29-15-13-28(14-16-29)22-10-4-5-12-26-22/h2-12,17,24,27H,13-16H2,1H3. The van der Waals surface area contributed by atoms with Crippen molar-refractivity contribution in [1.29, 1.82) is 0 Å². The van der Waals surface area contributed by atoms with Gasteiger partial charge in [0.25, 0.3) is 0 Å². The summed E-state index contributed by atoms with van der Waals surface area (Å²) in [6.07, 6.45) is 5.73. The molecule has 5 rings (SSSR count). The monoisotopic (exact) mass is 383 g/mol. The van der Waals surface area contributed by atoms with Gasteiger partial charge in [-0.15, -0.1) is 0 Å². The summed E-state index contributed by atoms with van der Waals surface area (Å²) in [6, 6.07) is 19.1. The number of rotatable bonds is 4. The third kappa shape index (κ3) is 3.38. The molecule has 0 aliphatic carbocycles. The normalized spacial score (nSPS) is 16.2. The summed E-state index contributed by atoms with van der Waals surface area (Å²) in [5.74, 6) is 1.06. The second kappa shape index (κ2) is 7.68. The molecular weight excluding hydrogens is 358 g/mol. The molecule has 0 amide bonds. The van der Waals surface area contributed by atoms with Crippen molar-refractivity contribution in [1.82, 2.24) is 19.9 Å².